The predicted molar refractivity (Wildman–Crippen MR) is 126 cm³/mol. The van der Waals surface area contributed by atoms with E-state index in [1.807, 2.05) is 0 Å². The topological polar surface area (TPSA) is 20.2 Å². The van der Waals surface area contributed by atoms with E-state index in [0.29, 0.717) is 0 Å². The summed E-state index contributed by atoms with van der Waals surface area (Å²) in [6.45, 7) is 7.59. The van der Waals surface area contributed by atoms with Crippen LogP contribution in [0.25, 0.3) is 5.70 Å². The first-order chi connectivity index (χ1) is 14.8. The first-order valence-electron chi connectivity index (χ1n) is 10.9. The number of rotatable bonds is 2. The molecule has 5 rings (SSSR count). The van der Waals surface area contributed by atoms with Crippen molar-refractivity contribution >= 4 is 5.70 Å². The van der Waals surface area contributed by atoms with Gasteiger partial charge in [0.05, 0.1) is 5.54 Å². The molecular formula is C27H31N3. The summed E-state index contributed by atoms with van der Waals surface area (Å²) in [5.41, 5.74) is 5.86. The van der Waals surface area contributed by atoms with Crippen molar-refractivity contribution in [1.29, 1.82) is 0 Å². The molecule has 3 heterocycles. The SMILES string of the molecule is C#CC=C.C1=C2CNC3(CCN(Cc4ccccc4)CC3)c3cccn3C2=CCC1. The highest BCUT2D eigenvalue weighted by Gasteiger charge is 2.40. The molecule has 1 N–H and O–H groups in total. The van der Waals surface area contributed by atoms with Gasteiger partial charge in [-0.15, -0.1) is 6.42 Å². The molecule has 2 aromatic rings. The summed E-state index contributed by atoms with van der Waals surface area (Å²) in [5, 5.41) is 3.97. The largest absolute Gasteiger partial charge is 0.319 e. The van der Waals surface area contributed by atoms with E-state index < -0.39 is 0 Å². The molecule has 0 amide bonds. The monoisotopic (exact) mass is 397 g/mol. The Kier molecular flexibility index (Phi) is 6.38. The second-order valence-corrected chi connectivity index (χ2v) is 8.23. The van der Waals surface area contributed by atoms with Crippen molar-refractivity contribution in [2.45, 2.75) is 37.8 Å². The third kappa shape index (κ3) is 4.21. The maximum atomic E-state index is 4.66. The van der Waals surface area contributed by atoms with Crippen molar-refractivity contribution < 1.29 is 0 Å². The summed E-state index contributed by atoms with van der Waals surface area (Å²) in [6.07, 6.45) is 17.8. The molecule has 3 nitrogen and oxygen atoms in total. The molecule has 30 heavy (non-hydrogen) atoms. The van der Waals surface area contributed by atoms with E-state index in [9.17, 15) is 0 Å². The molecule has 0 bridgehead atoms. The highest BCUT2D eigenvalue weighted by Crippen LogP contribution is 2.39. The van der Waals surface area contributed by atoms with Crippen molar-refractivity contribution in [2.24, 2.45) is 0 Å². The van der Waals surface area contributed by atoms with E-state index in [1.54, 1.807) is 0 Å². The van der Waals surface area contributed by atoms with Gasteiger partial charge in [0.1, 0.15) is 0 Å². The minimum absolute atomic E-state index is 0.107. The van der Waals surface area contributed by atoms with Gasteiger partial charge in [-0.25, -0.2) is 0 Å². The van der Waals surface area contributed by atoms with Crippen molar-refractivity contribution in [2.75, 3.05) is 19.6 Å². The van der Waals surface area contributed by atoms with Crippen LogP contribution in [0.2, 0.25) is 0 Å². The molecule has 1 aliphatic carbocycles. The highest BCUT2D eigenvalue weighted by atomic mass is 15.2. The van der Waals surface area contributed by atoms with Gasteiger partial charge in [-0.05, 0) is 55.0 Å². The van der Waals surface area contributed by atoms with Gasteiger partial charge in [0, 0.05) is 43.8 Å². The van der Waals surface area contributed by atoms with Crippen LogP contribution in [0.4, 0.5) is 0 Å². The van der Waals surface area contributed by atoms with Gasteiger partial charge in [-0.1, -0.05) is 55.0 Å². The summed E-state index contributed by atoms with van der Waals surface area (Å²) in [5.74, 6) is 2.19. The molecular weight excluding hydrogens is 366 g/mol. The Morgan fingerprint density at radius 1 is 1.07 bits per heavy atom. The summed E-state index contributed by atoms with van der Waals surface area (Å²) in [7, 11) is 0. The number of nitrogens with zero attached hydrogens (tertiary/aromatic N) is 2. The van der Waals surface area contributed by atoms with Crippen LogP contribution in [0.3, 0.4) is 0 Å². The van der Waals surface area contributed by atoms with Crippen LogP contribution in [-0.2, 0) is 12.1 Å². The van der Waals surface area contributed by atoms with Gasteiger partial charge in [-0.2, -0.15) is 0 Å². The van der Waals surface area contributed by atoms with Gasteiger partial charge < -0.3 is 9.88 Å². The van der Waals surface area contributed by atoms with E-state index >= 15 is 0 Å². The van der Waals surface area contributed by atoms with Gasteiger partial charge in [-0.3, -0.25) is 4.90 Å². The number of benzene rings is 1. The zero-order chi connectivity index (χ0) is 20.8. The fourth-order valence-corrected chi connectivity index (χ4v) is 4.83. The van der Waals surface area contributed by atoms with Gasteiger partial charge in [0.25, 0.3) is 0 Å². The van der Waals surface area contributed by atoms with Crippen molar-refractivity contribution in [3.8, 4) is 12.3 Å². The number of likely N-dealkylation sites (tertiary alicyclic amines) is 1. The van der Waals surface area contributed by atoms with E-state index in [-0.39, 0.29) is 5.54 Å². The van der Waals surface area contributed by atoms with E-state index in [4.69, 9.17) is 0 Å². The number of hydrogen-bond acceptors (Lipinski definition) is 2. The lowest BCUT2D eigenvalue weighted by molar-refractivity contribution is 0.128. The van der Waals surface area contributed by atoms with E-state index in [2.05, 4.69) is 94.5 Å². The molecule has 3 heteroatoms. The summed E-state index contributed by atoms with van der Waals surface area (Å²) >= 11 is 0. The highest BCUT2D eigenvalue weighted by molar-refractivity contribution is 5.68. The fourth-order valence-electron chi connectivity index (χ4n) is 4.83. The molecule has 0 radical (unpaired) electrons. The molecule has 1 spiro atoms. The first-order valence-corrected chi connectivity index (χ1v) is 10.9. The molecule has 1 fully saturated rings. The van der Waals surface area contributed by atoms with Crippen molar-refractivity contribution in [1.82, 2.24) is 14.8 Å². The Balaban J connectivity index is 0.000000503. The molecule has 0 unspecified atom stereocenters. The molecule has 3 aliphatic rings. The Hall–Kier alpha value is -2.80. The summed E-state index contributed by atoms with van der Waals surface area (Å²) in [6, 6.07) is 15.4. The zero-order valence-electron chi connectivity index (χ0n) is 17.7. The third-order valence-corrected chi connectivity index (χ3v) is 6.42. The average Bonchev–Trinajstić information content (AvgIpc) is 3.26. The quantitative estimate of drug-likeness (QED) is 0.724. The smallest absolute Gasteiger partial charge is 0.0619 e. The Bertz CT molecular complexity index is 963. The number of allylic oxidation sites excluding steroid dienone is 3. The minimum Gasteiger partial charge on any atom is -0.319 e. The normalized spacial score (nSPS) is 19.7. The maximum absolute atomic E-state index is 4.66. The predicted octanol–water partition coefficient (Wildman–Crippen LogP) is 4.95. The second-order valence-electron chi connectivity index (χ2n) is 8.23. The van der Waals surface area contributed by atoms with Gasteiger partial charge >= 0.3 is 0 Å². The molecule has 154 valence electrons. The maximum Gasteiger partial charge on any atom is 0.0619 e. The number of piperidine rings is 1. The van der Waals surface area contributed by atoms with Gasteiger partial charge in [0.2, 0.25) is 0 Å². The van der Waals surface area contributed by atoms with Crippen LogP contribution in [0, 0.1) is 12.3 Å². The standard InChI is InChI=1S/C23H27N3.C4H4/c1-2-7-19(8-3-1)18-25-15-12-23(13-16-25)22-11-6-14-26(22)21-10-5-4-9-20(21)17-24-23;1-3-4-2/h1-3,6-11,14,24H,4-5,12-13,15-18H2;1,4H,2H2. The van der Waals surface area contributed by atoms with Crippen LogP contribution < -0.4 is 5.32 Å². The molecule has 1 aromatic carbocycles. The zero-order valence-corrected chi connectivity index (χ0v) is 17.7. The van der Waals surface area contributed by atoms with Crippen LogP contribution in [0.1, 0.15) is 36.9 Å². The van der Waals surface area contributed by atoms with Gasteiger partial charge in [0.15, 0.2) is 0 Å². The number of aromatic nitrogens is 1. The number of fused-ring (bicyclic) bond motifs is 4. The average molecular weight is 398 g/mol. The Labute approximate surface area is 180 Å². The molecule has 0 saturated carbocycles. The number of hydrogen-bond donors (Lipinski definition) is 1. The fraction of sp³-hybridized carbons (Fsp3) is 0.333. The summed E-state index contributed by atoms with van der Waals surface area (Å²) < 4.78 is 2.46. The summed E-state index contributed by atoms with van der Waals surface area (Å²) in [4.78, 5) is 2.60. The van der Waals surface area contributed by atoms with E-state index in [1.165, 1.54) is 47.9 Å². The van der Waals surface area contributed by atoms with E-state index in [0.717, 1.165) is 32.6 Å². The van der Waals surface area contributed by atoms with Crippen LogP contribution >= 0.6 is 0 Å². The lowest BCUT2D eigenvalue weighted by Crippen LogP contribution is -2.51. The van der Waals surface area contributed by atoms with Crippen molar-refractivity contribution in [3.63, 3.8) is 0 Å². The molecule has 1 saturated heterocycles. The van der Waals surface area contributed by atoms with Crippen LogP contribution in [0.15, 0.2) is 79.0 Å². The first kappa shape index (κ1) is 20.5. The Morgan fingerprint density at radius 2 is 1.80 bits per heavy atom. The van der Waals surface area contributed by atoms with Crippen LogP contribution in [0.5, 0.6) is 0 Å². The number of terminal acetylenes is 1. The number of nitrogens with one attached hydrogen (secondary N) is 1. The van der Waals surface area contributed by atoms with Crippen LogP contribution in [-0.4, -0.2) is 29.1 Å². The lowest BCUT2D eigenvalue weighted by atomic mass is 9.84. The lowest BCUT2D eigenvalue weighted by Gasteiger charge is -2.42. The molecule has 1 aromatic heterocycles. The minimum atomic E-state index is 0.107. The Morgan fingerprint density at radius 3 is 2.53 bits per heavy atom. The molecule has 0 atom stereocenters. The second kappa shape index (κ2) is 9.34. The third-order valence-electron chi connectivity index (χ3n) is 6.42. The molecule has 2 aliphatic heterocycles. The van der Waals surface area contributed by atoms with Crippen molar-refractivity contribution in [3.05, 3.63) is 90.3 Å².